The van der Waals surface area contributed by atoms with Crippen LogP contribution >= 0.6 is 0 Å². The van der Waals surface area contributed by atoms with Gasteiger partial charge >= 0.3 is 0 Å². The van der Waals surface area contributed by atoms with Crippen molar-refractivity contribution in [2.75, 3.05) is 64.6 Å². The van der Waals surface area contributed by atoms with Crippen molar-refractivity contribution in [1.29, 1.82) is 0 Å². The van der Waals surface area contributed by atoms with Gasteiger partial charge in [0.1, 0.15) is 5.82 Å². The van der Waals surface area contributed by atoms with E-state index in [-0.39, 0.29) is 0 Å². The average Bonchev–Trinajstić information content (AvgIpc) is 2.96. The standard InChI is InChI=1S/C32H48N6O2/c1-5-6-7-11-21-40-30-23-28-27(22-29(30)39-4)31(36-32(35-28)33-17-12-18-37(2)3)34-26-15-19-38(20-16-26)24-25-13-9-8-10-14-25/h8-10,13-14,22-23,26H,5-7,11-12,15-21,24H2,1-4H3,(H2,33,34,35,36). The smallest absolute Gasteiger partial charge is 0.225 e. The van der Waals surface area contributed by atoms with Crippen molar-refractivity contribution >= 4 is 22.7 Å². The summed E-state index contributed by atoms with van der Waals surface area (Å²) < 4.78 is 11.9. The van der Waals surface area contributed by atoms with E-state index in [2.05, 4.69) is 71.8 Å². The SMILES string of the molecule is CCCCCCOc1cc2nc(NCCCN(C)C)nc(NC3CCN(Cc4ccccc4)CC3)c2cc1OC. The van der Waals surface area contributed by atoms with Crippen molar-refractivity contribution in [1.82, 2.24) is 19.8 Å². The Morgan fingerprint density at radius 3 is 2.50 bits per heavy atom. The average molecular weight is 549 g/mol. The molecule has 0 unspecified atom stereocenters. The predicted molar refractivity (Wildman–Crippen MR) is 166 cm³/mol. The summed E-state index contributed by atoms with van der Waals surface area (Å²) in [6, 6.07) is 15.1. The predicted octanol–water partition coefficient (Wildman–Crippen LogP) is 6.04. The van der Waals surface area contributed by atoms with Gasteiger partial charge in [-0.2, -0.15) is 4.98 Å². The molecule has 0 spiro atoms. The molecule has 0 atom stereocenters. The highest BCUT2D eigenvalue weighted by Gasteiger charge is 2.22. The zero-order valence-electron chi connectivity index (χ0n) is 24.9. The lowest BCUT2D eigenvalue weighted by Crippen LogP contribution is -2.38. The van der Waals surface area contributed by atoms with Gasteiger partial charge in [-0.05, 0) is 58.0 Å². The van der Waals surface area contributed by atoms with Crippen LogP contribution < -0.4 is 20.1 Å². The van der Waals surface area contributed by atoms with Gasteiger partial charge in [0.15, 0.2) is 11.5 Å². The van der Waals surface area contributed by atoms with Gasteiger partial charge in [-0.3, -0.25) is 4.90 Å². The van der Waals surface area contributed by atoms with Gasteiger partial charge in [-0.25, -0.2) is 4.98 Å². The van der Waals surface area contributed by atoms with E-state index in [1.807, 2.05) is 12.1 Å². The number of aromatic nitrogens is 2. The number of methoxy groups -OCH3 is 1. The number of piperidine rings is 1. The number of nitrogens with one attached hydrogen (secondary N) is 2. The molecule has 2 aromatic carbocycles. The third-order valence-electron chi connectivity index (χ3n) is 7.48. The fourth-order valence-electron chi connectivity index (χ4n) is 5.17. The highest BCUT2D eigenvalue weighted by molar-refractivity contribution is 5.92. The van der Waals surface area contributed by atoms with Crippen LogP contribution in [0.25, 0.3) is 10.9 Å². The van der Waals surface area contributed by atoms with Crippen molar-refractivity contribution in [2.45, 2.75) is 64.5 Å². The molecule has 1 aliphatic rings. The fourth-order valence-corrected chi connectivity index (χ4v) is 5.17. The molecule has 8 heteroatoms. The minimum Gasteiger partial charge on any atom is -0.493 e. The Morgan fingerprint density at radius 1 is 0.975 bits per heavy atom. The number of likely N-dealkylation sites (tertiary alicyclic amines) is 1. The number of ether oxygens (including phenoxy) is 2. The molecule has 1 aromatic heterocycles. The molecule has 4 rings (SSSR count). The van der Waals surface area contributed by atoms with Gasteiger partial charge in [0.25, 0.3) is 0 Å². The molecule has 0 aliphatic carbocycles. The van der Waals surface area contributed by atoms with Crippen molar-refractivity contribution in [3.63, 3.8) is 0 Å². The van der Waals surface area contributed by atoms with E-state index < -0.39 is 0 Å². The molecule has 2 N–H and O–H groups in total. The second kappa shape index (κ2) is 15.6. The van der Waals surface area contributed by atoms with Crippen LogP contribution in [0.5, 0.6) is 11.5 Å². The number of hydrogen-bond donors (Lipinski definition) is 2. The highest BCUT2D eigenvalue weighted by atomic mass is 16.5. The van der Waals surface area contributed by atoms with Crippen molar-refractivity contribution in [3.05, 3.63) is 48.0 Å². The first kappa shape index (κ1) is 29.9. The molecule has 2 heterocycles. The molecular weight excluding hydrogens is 500 g/mol. The molecule has 1 aliphatic heterocycles. The summed E-state index contributed by atoms with van der Waals surface area (Å²) in [7, 11) is 5.88. The van der Waals surface area contributed by atoms with Crippen molar-refractivity contribution in [2.24, 2.45) is 0 Å². The van der Waals surface area contributed by atoms with E-state index in [9.17, 15) is 0 Å². The third-order valence-corrected chi connectivity index (χ3v) is 7.48. The molecule has 218 valence electrons. The fraction of sp³-hybridized carbons (Fsp3) is 0.562. The summed E-state index contributed by atoms with van der Waals surface area (Å²) >= 11 is 0. The van der Waals surface area contributed by atoms with Crippen molar-refractivity contribution < 1.29 is 9.47 Å². The van der Waals surface area contributed by atoms with Crippen LogP contribution in [0.2, 0.25) is 0 Å². The first-order valence-electron chi connectivity index (χ1n) is 15.0. The van der Waals surface area contributed by atoms with Crippen LogP contribution in [-0.4, -0.2) is 79.8 Å². The third kappa shape index (κ3) is 8.96. The Hall–Kier alpha value is -3.10. The van der Waals surface area contributed by atoms with E-state index >= 15 is 0 Å². The Kier molecular flexibility index (Phi) is 11.7. The lowest BCUT2D eigenvalue weighted by Gasteiger charge is -2.33. The highest BCUT2D eigenvalue weighted by Crippen LogP contribution is 2.35. The minimum absolute atomic E-state index is 0.354. The summed E-state index contributed by atoms with van der Waals surface area (Å²) in [5.74, 6) is 2.96. The summed E-state index contributed by atoms with van der Waals surface area (Å²) in [4.78, 5) is 14.6. The second-order valence-corrected chi connectivity index (χ2v) is 11.1. The van der Waals surface area contributed by atoms with Crippen LogP contribution in [-0.2, 0) is 6.54 Å². The molecule has 1 fully saturated rings. The Balaban J connectivity index is 1.49. The molecule has 8 nitrogen and oxygen atoms in total. The summed E-state index contributed by atoms with van der Waals surface area (Å²) in [5, 5.41) is 8.18. The Morgan fingerprint density at radius 2 is 1.77 bits per heavy atom. The lowest BCUT2D eigenvalue weighted by atomic mass is 10.0. The molecule has 40 heavy (non-hydrogen) atoms. The summed E-state index contributed by atoms with van der Waals surface area (Å²) in [5.41, 5.74) is 2.23. The van der Waals surface area contributed by atoms with E-state index in [0.29, 0.717) is 18.6 Å². The van der Waals surface area contributed by atoms with Gasteiger partial charge in [0, 0.05) is 43.7 Å². The van der Waals surface area contributed by atoms with Crippen LogP contribution in [0, 0.1) is 0 Å². The lowest BCUT2D eigenvalue weighted by molar-refractivity contribution is 0.211. The van der Waals surface area contributed by atoms with Gasteiger partial charge in [0.05, 0.1) is 19.2 Å². The molecular formula is C32H48N6O2. The Bertz CT molecular complexity index is 1170. The molecule has 0 amide bonds. The normalized spacial score (nSPS) is 14.5. The number of unbranched alkanes of at least 4 members (excludes halogenated alkanes) is 3. The monoisotopic (exact) mass is 548 g/mol. The van der Waals surface area contributed by atoms with Crippen LogP contribution in [0.1, 0.15) is 57.4 Å². The summed E-state index contributed by atoms with van der Waals surface area (Å²) in [6.07, 6.45) is 7.81. The molecule has 1 saturated heterocycles. The molecule has 0 radical (unpaired) electrons. The van der Waals surface area contributed by atoms with E-state index in [4.69, 9.17) is 19.4 Å². The molecule has 0 bridgehead atoms. The first-order chi connectivity index (χ1) is 19.6. The van der Waals surface area contributed by atoms with Gasteiger partial charge < -0.3 is 25.0 Å². The minimum atomic E-state index is 0.354. The zero-order valence-corrected chi connectivity index (χ0v) is 24.9. The summed E-state index contributed by atoms with van der Waals surface area (Å²) in [6.45, 7) is 7.85. The van der Waals surface area contributed by atoms with Crippen LogP contribution in [0.3, 0.4) is 0 Å². The largest absolute Gasteiger partial charge is 0.493 e. The quantitative estimate of drug-likeness (QED) is 0.210. The van der Waals surface area contributed by atoms with Gasteiger partial charge in [0.2, 0.25) is 5.95 Å². The number of hydrogen-bond acceptors (Lipinski definition) is 8. The van der Waals surface area contributed by atoms with E-state index in [1.165, 1.54) is 24.8 Å². The Labute approximate surface area is 240 Å². The maximum Gasteiger partial charge on any atom is 0.225 e. The molecule has 3 aromatic rings. The number of anilines is 2. The second-order valence-electron chi connectivity index (χ2n) is 11.1. The number of nitrogens with zero attached hydrogens (tertiary/aromatic N) is 4. The van der Waals surface area contributed by atoms with Crippen LogP contribution in [0.15, 0.2) is 42.5 Å². The maximum absolute atomic E-state index is 6.16. The number of rotatable bonds is 16. The zero-order chi connectivity index (χ0) is 28.2. The van der Waals surface area contributed by atoms with E-state index in [1.54, 1.807) is 7.11 Å². The van der Waals surface area contributed by atoms with Crippen molar-refractivity contribution in [3.8, 4) is 11.5 Å². The number of fused-ring (bicyclic) bond motifs is 1. The maximum atomic E-state index is 6.16. The van der Waals surface area contributed by atoms with E-state index in [0.717, 1.165) is 86.6 Å². The topological polar surface area (TPSA) is 74.8 Å². The first-order valence-corrected chi connectivity index (χ1v) is 15.0. The van der Waals surface area contributed by atoms with Crippen LogP contribution in [0.4, 0.5) is 11.8 Å². The van der Waals surface area contributed by atoms with Gasteiger partial charge in [-0.1, -0.05) is 56.5 Å². The number of benzene rings is 2. The van der Waals surface area contributed by atoms with Gasteiger partial charge in [-0.15, -0.1) is 0 Å². The molecule has 0 saturated carbocycles.